The van der Waals surface area contributed by atoms with E-state index in [0.29, 0.717) is 5.02 Å². The van der Waals surface area contributed by atoms with Gasteiger partial charge in [-0.2, -0.15) is 0 Å². The summed E-state index contributed by atoms with van der Waals surface area (Å²) in [4.78, 5) is 25.0. The van der Waals surface area contributed by atoms with E-state index in [1.807, 2.05) is 36.4 Å². The van der Waals surface area contributed by atoms with Gasteiger partial charge in [0, 0.05) is 34.1 Å². The van der Waals surface area contributed by atoms with E-state index in [4.69, 9.17) is 11.6 Å². The summed E-state index contributed by atoms with van der Waals surface area (Å²) in [6.07, 6.45) is 4.69. The van der Waals surface area contributed by atoms with Crippen LogP contribution in [-0.4, -0.2) is 18.4 Å². The summed E-state index contributed by atoms with van der Waals surface area (Å²) in [5, 5.41) is 6.45. The molecular formula is C23H24BrClN2O2. The molecule has 5 rings (SSSR count). The minimum atomic E-state index is -0.811. The van der Waals surface area contributed by atoms with Gasteiger partial charge in [-0.25, -0.2) is 0 Å². The SMILES string of the molecule is CCC1CC1.O=C1C[C@@H](c2cccc(Cl)c2)C2(CN1)C(=O)Nc1cc(Br)ccc12. The smallest absolute Gasteiger partial charge is 0.237 e. The Morgan fingerprint density at radius 2 is 1.97 bits per heavy atom. The zero-order valence-corrected chi connectivity index (χ0v) is 18.6. The maximum atomic E-state index is 13.0. The zero-order chi connectivity index (χ0) is 20.6. The van der Waals surface area contributed by atoms with Gasteiger partial charge in [-0.1, -0.05) is 71.9 Å². The Labute approximate surface area is 184 Å². The number of halogens is 2. The Kier molecular flexibility index (Phi) is 5.71. The molecule has 2 fully saturated rings. The Hall–Kier alpha value is -1.85. The Morgan fingerprint density at radius 1 is 1.17 bits per heavy atom. The van der Waals surface area contributed by atoms with Gasteiger partial charge in [0.15, 0.2) is 0 Å². The first kappa shape index (κ1) is 20.4. The van der Waals surface area contributed by atoms with Gasteiger partial charge in [0.1, 0.15) is 5.41 Å². The van der Waals surface area contributed by atoms with Crippen molar-refractivity contribution in [3.63, 3.8) is 0 Å². The molecule has 2 aromatic carbocycles. The standard InChI is InChI=1S/C18H14BrClN2O2.C5H10/c19-11-4-5-13-15(7-11)22-17(24)18(13)9-21-16(23)8-14(18)10-2-1-3-12(20)6-10;1-2-5-3-4-5/h1-7,14H,8-9H2,(H,21,23)(H,22,24);5H,2-4H2,1H3/t14-,18?;/m0./s1. The third-order valence-corrected chi connectivity index (χ3v) is 6.92. The first-order chi connectivity index (χ1) is 13.9. The summed E-state index contributed by atoms with van der Waals surface area (Å²) in [6.45, 7) is 2.54. The highest BCUT2D eigenvalue weighted by Crippen LogP contribution is 2.50. The molecule has 29 heavy (non-hydrogen) atoms. The highest BCUT2D eigenvalue weighted by molar-refractivity contribution is 9.10. The number of carbonyl (C=O) groups excluding carboxylic acids is 2. The van der Waals surface area contributed by atoms with Gasteiger partial charge in [-0.05, 0) is 41.3 Å². The molecule has 0 bridgehead atoms. The van der Waals surface area contributed by atoms with Gasteiger partial charge in [0.25, 0.3) is 0 Å². The first-order valence-corrected chi connectivity index (χ1v) is 11.2. The minimum Gasteiger partial charge on any atom is -0.355 e. The van der Waals surface area contributed by atoms with Crippen LogP contribution in [0.2, 0.25) is 5.02 Å². The molecule has 6 heteroatoms. The highest BCUT2D eigenvalue weighted by atomic mass is 79.9. The van der Waals surface area contributed by atoms with Gasteiger partial charge >= 0.3 is 0 Å². The Balaban J connectivity index is 0.000000359. The highest BCUT2D eigenvalue weighted by Gasteiger charge is 2.55. The van der Waals surface area contributed by atoms with Crippen LogP contribution >= 0.6 is 27.5 Å². The third-order valence-electron chi connectivity index (χ3n) is 6.19. The lowest BCUT2D eigenvalue weighted by Crippen LogP contribution is -2.54. The maximum Gasteiger partial charge on any atom is 0.237 e. The first-order valence-electron chi connectivity index (χ1n) is 10.1. The normalized spacial score (nSPS) is 25.0. The number of hydrogen-bond acceptors (Lipinski definition) is 2. The van der Waals surface area contributed by atoms with E-state index in [0.717, 1.165) is 27.2 Å². The molecular weight excluding hydrogens is 452 g/mol. The number of amides is 2. The van der Waals surface area contributed by atoms with Gasteiger partial charge < -0.3 is 10.6 Å². The van der Waals surface area contributed by atoms with Crippen molar-refractivity contribution in [1.82, 2.24) is 5.32 Å². The van der Waals surface area contributed by atoms with Crippen molar-refractivity contribution in [2.45, 2.75) is 43.9 Å². The number of nitrogens with one attached hydrogen (secondary N) is 2. The van der Waals surface area contributed by atoms with Crippen molar-refractivity contribution < 1.29 is 9.59 Å². The van der Waals surface area contributed by atoms with Gasteiger partial charge in [0.05, 0.1) is 0 Å². The Bertz CT molecular complexity index is 960. The average Bonchev–Trinajstić information content (AvgIpc) is 3.50. The van der Waals surface area contributed by atoms with Crippen LogP contribution in [0.15, 0.2) is 46.9 Å². The topological polar surface area (TPSA) is 58.2 Å². The molecule has 1 unspecified atom stereocenters. The molecule has 1 saturated carbocycles. The van der Waals surface area contributed by atoms with Crippen molar-refractivity contribution in [1.29, 1.82) is 0 Å². The number of benzene rings is 2. The lowest BCUT2D eigenvalue weighted by Gasteiger charge is -2.40. The van der Waals surface area contributed by atoms with E-state index in [9.17, 15) is 9.59 Å². The molecule has 2 amide bonds. The summed E-state index contributed by atoms with van der Waals surface area (Å²) >= 11 is 9.58. The molecule has 2 aliphatic heterocycles. The number of rotatable bonds is 2. The van der Waals surface area contributed by atoms with Gasteiger partial charge in [-0.3, -0.25) is 9.59 Å². The number of piperidine rings is 1. The lowest BCUT2D eigenvalue weighted by atomic mass is 9.65. The molecule has 1 spiro atoms. The molecule has 2 aromatic rings. The molecule has 1 saturated heterocycles. The molecule has 1 aliphatic carbocycles. The van der Waals surface area contributed by atoms with Crippen molar-refractivity contribution in [2.24, 2.45) is 5.92 Å². The fraction of sp³-hybridized carbons (Fsp3) is 0.391. The number of hydrogen-bond donors (Lipinski definition) is 2. The molecule has 152 valence electrons. The second-order valence-corrected chi connectivity index (χ2v) is 9.41. The summed E-state index contributed by atoms with van der Waals surface area (Å²) < 4.78 is 0.901. The second-order valence-electron chi connectivity index (χ2n) is 8.06. The zero-order valence-electron chi connectivity index (χ0n) is 16.3. The summed E-state index contributed by atoms with van der Waals surface area (Å²) in [5.74, 6) is 0.743. The number of carbonyl (C=O) groups is 2. The van der Waals surface area contributed by atoms with Crippen LogP contribution in [0.3, 0.4) is 0 Å². The van der Waals surface area contributed by atoms with Crippen LogP contribution in [0, 0.1) is 5.92 Å². The van der Waals surface area contributed by atoms with Crippen LogP contribution < -0.4 is 10.6 Å². The number of anilines is 1. The van der Waals surface area contributed by atoms with Gasteiger partial charge in [-0.15, -0.1) is 0 Å². The fourth-order valence-corrected chi connectivity index (χ4v) is 4.89. The molecule has 2 N–H and O–H groups in total. The van der Waals surface area contributed by atoms with Crippen LogP contribution in [0.4, 0.5) is 5.69 Å². The van der Waals surface area contributed by atoms with E-state index in [1.165, 1.54) is 19.3 Å². The van der Waals surface area contributed by atoms with E-state index in [1.54, 1.807) is 6.07 Å². The molecule has 3 aliphatic rings. The summed E-state index contributed by atoms with van der Waals surface area (Å²) in [7, 11) is 0. The summed E-state index contributed by atoms with van der Waals surface area (Å²) in [6, 6.07) is 13.2. The third kappa shape index (κ3) is 3.95. The maximum absolute atomic E-state index is 13.0. The van der Waals surface area contributed by atoms with Crippen molar-refractivity contribution >= 4 is 45.0 Å². The quantitative estimate of drug-likeness (QED) is 0.611. The van der Waals surface area contributed by atoms with E-state index in [-0.39, 0.29) is 30.7 Å². The summed E-state index contributed by atoms with van der Waals surface area (Å²) in [5.41, 5.74) is 1.80. The molecule has 2 atom stereocenters. The predicted molar refractivity (Wildman–Crippen MR) is 119 cm³/mol. The molecule has 2 heterocycles. The molecule has 4 nitrogen and oxygen atoms in total. The second kappa shape index (κ2) is 8.11. The van der Waals surface area contributed by atoms with Crippen molar-refractivity contribution in [3.8, 4) is 0 Å². The monoisotopic (exact) mass is 474 g/mol. The van der Waals surface area contributed by atoms with Crippen molar-refractivity contribution in [2.75, 3.05) is 11.9 Å². The van der Waals surface area contributed by atoms with Crippen LogP contribution in [0.5, 0.6) is 0 Å². The van der Waals surface area contributed by atoms with E-state index >= 15 is 0 Å². The van der Waals surface area contributed by atoms with E-state index < -0.39 is 5.41 Å². The molecule has 0 aromatic heterocycles. The largest absolute Gasteiger partial charge is 0.355 e. The Morgan fingerprint density at radius 3 is 2.62 bits per heavy atom. The minimum absolute atomic E-state index is 0.0519. The van der Waals surface area contributed by atoms with E-state index in [2.05, 4.69) is 33.5 Å². The van der Waals surface area contributed by atoms with Crippen molar-refractivity contribution in [3.05, 3.63) is 63.1 Å². The van der Waals surface area contributed by atoms with Crippen LogP contribution in [0.25, 0.3) is 0 Å². The fourth-order valence-electron chi connectivity index (χ4n) is 4.33. The lowest BCUT2D eigenvalue weighted by molar-refractivity contribution is -0.128. The van der Waals surface area contributed by atoms with Crippen LogP contribution in [0.1, 0.15) is 49.7 Å². The predicted octanol–water partition coefficient (Wildman–Crippen LogP) is 5.40. The average molecular weight is 476 g/mol. The van der Waals surface area contributed by atoms with Crippen LogP contribution in [-0.2, 0) is 15.0 Å². The number of fused-ring (bicyclic) bond motifs is 2. The van der Waals surface area contributed by atoms with Gasteiger partial charge in [0.2, 0.25) is 11.8 Å². The molecule has 0 radical (unpaired) electrons.